The molecule has 0 amide bonds. The zero-order valence-corrected chi connectivity index (χ0v) is 11.7. The predicted molar refractivity (Wildman–Crippen MR) is 69.8 cm³/mol. The number of hydrogen-bond acceptors (Lipinski definition) is 3. The van der Waals surface area contributed by atoms with Gasteiger partial charge < -0.3 is 9.64 Å². The quantitative estimate of drug-likeness (QED) is 0.560. The molecule has 0 aromatic rings. The first-order valence-electron chi connectivity index (χ1n) is 6.30. The zero-order chi connectivity index (χ0) is 13.2. The highest BCUT2D eigenvalue weighted by Crippen LogP contribution is 2.36. The van der Waals surface area contributed by atoms with Crippen molar-refractivity contribution in [2.75, 3.05) is 20.2 Å². The number of likely N-dealkylation sites (tertiary alicyclic amines) is 1. The molecule has 17 heavy (non-hydrogen) atoms. The number of rotatable bonds is 3. The van der Waals surface area contributed by atoms with Crippen LogP contribution in [0.1, 0.15) is 34.1 Å². The third-order valence-corrected chi connectivity index (χ3v) is 4.42. The van der Waals surface area contributed by atoms with Gasteiger partial charge in [-0.15, -0.1) is 0 Å². The van der Waals surface area contributed by atoms with E-state index in [0.717, 1.165) is 13.0 Å². The van der Waals surface area contributed by atoms with E-state index in [1.165, 1.54) is 0 Å². The van der Waals surface area contributed by atoms with Gasteiger partial charge in [-0.3, -0.25) is 0 Å². The number of hydrogen-bond donors (Lipinski definition) is 0. The molecular weight excluding hydrogens is 214 g/mol. The summed E-state index contributed by atoms with van der Waals surface area (Å²) in [5.74, 6) is 0.692. The highest BCUT2D eigenvalue weighted by Gasteiger charge is 2.39. The van der Waals surface area contributed by atoms with E-state index in [9.17, 15) is 4.79 Å². The Bertz CT molecular complexity index is 309. The van der Waals surface area contributed by atoms with Crippen molar-refractivity contribution in [1.29, 1.82) is 0 Å². The Morgan fingerprint density at radius 3 is 2.65 bits per heavy atom. The average Bonchev–Trinajstić information content (AvgIpc) is 2.25. The summed E-state index contributed by atoms with van der Waals surface area (Å²) in [6, 6.07) is 0. The molecule has 1 heterocycles. The van der Waals surface area contributed by atoms with Crippen molar-refractivity contribution in [3.05, 3.63) is 12.2 Å². The minimum absolute atomic E-state index is 0.165. The standard InChI is InChI=1S/C14H25NO2/c1-10(2)13(16)17-9-12-7-8-15(6)14(4,5)11(12)3/h11-12H,1,7-9H2,2-6H3. The first-order chi connectivity index (χ1) is 7.76. The fourth-order valence-corrected chi connectivity index (χ4v) is 2.36. The Morgan fingerprint density at radius 2 is 2.12 bits per heavy atom. The lowest BCUT2D eigenvalue weighted by atomic mass is 9.74. The summed E-state index contributed by atoms with van der Waals surface area (Å²) < 4.78 is 5.28. The largest absolute Gasteiger partial charge is 0.462 e. The van der Waals surface area contributed by atoms with E-state index in [2.05, 4.69) is 39.3 Å². The topological polar surface area (TPSA) is 29.5 Å². The van der Waals surface area contributed by atoms with Crippen LogP contribution in [0.2, 0.25) is 0 Å². The monoisotopic (exact) mass is 239 g/mol. The summed E-state index contributed by atoms with van der Waals surface area (Å²) in [5, 5.41) is 0. The maximum Gasteiger partial charge on any atom is 0.333 e. The Labute approximate surface area is 105 Å². The lowest BCUT2D eigenvalue weighted by Crippen LogP contribution is -2.54. The molecule has 2 atom stereocenters. The van der Waals surface area contributed by atoms with Crippen molar-refractivity contribution < 1.29 is 9.53 Å². The highest BCUT2D eigenvalue weighted by molar-refractivity contribution is 5.86. The number of esters is 1. The van der Waals surface area contributed by atoms with Gasteiger partial charge >= 0.3 is 5.97 Å². The second kappa shape index (κ2) is 5.21. The van der Waals surface area contributed by atoms with Gasteiger partial charge in [-0.2, -0.15) is 0 Å². The Kier molecular flexibility index (Phi) is 4.36. The third kappa shape index (κ3) is 3.09. The first-order valence-corrected chi connectivity index (χ1v) is 6.30. The maximum atomic E-state index is 11.4. The number of nitrogens with zero attached hydrogens (tertiary/aromatic N) is 1. The van der Waals surface area contributed by atoms with Crippen molar-refractivity contribution >= 4 is 5.97 Å². The van der Waals surface area contributed by atoms with Crippen molar-refractivity contribution in [2.45, 2.75) is 39.7 Å². The van der Waals surface area contributed by atoms with Crippen LogP contribution in [-0.4, -0.2) is 36.6 Å². The molecule has 3 heteroatoms. The van der Waals surface area contributed by atoms with Gasteiger partial charge in [-0.05, 0) is 52.6 Å². The molecule has 3 nitrogen and oxygen atoms in total. The molecule has 1 rings (SSSR count). The molecule has 0 aliphatic carbocycles. The van der Waals surface area contributed by atoms with Crippen molar-refractivity contribution in [1.82, 2.24) is 4.90 Å². The zero-order valence-electron chi connectivity index (χ0n) is 11.7. The third-order valence-electron chi connectivity index (χ3n) is 4.42. The molecule has 0 saturated carbocycles. The number of carbonyl (C=O) groups excluding carboxylic acids is 1. The Balaban J connectivity index is 2.56. The van der Waals surface area contributed by atoms with Gasteiger partial charge in [-0.1, -0.05) is 13.5 Å². The summed E-state index contributed by atoms with van der Waals surface area (Å²) >= 11 is 0. The van der Waals surface area contributed by atoms with Crippen molar-refractivity contribution in [3.63, 3.8) is 0 Å². The van der Waals surface area contributed by atoms with Crippen LogP contribution in [0.3, 0.4) is 0 Å². The predicted octanol–water partition coefficient (Wildman–Crippen LogP) is 2.47. The van der Waals surface area contributed by atoms with Crippen LogP contribution in [0.25, 0.3) is 0 Å². The van der Waals surface area contributed by atoms with E-state index in [-0.39, 0.29) is 11.5 Å². The molecule has 2 unspecified atom stereocenters. The fraction of sp³-hybridized carbons (Fsp3) is 0.786. The van der Waals surface area contributed by atoms with Crippen molar-refractivity contribution in [3.8, 4) is 0 Å². The summed E-state index contributed by atoms with van der Waals surface area (Å²) in [4.78, 5) is 13.8. The lowest BCUT2D eigenvalue weighted by Gasteiger charge is -2.48. The number of ether oxygens (including phenoxy) is 1. The summed E-state index contributed by atoms with van der Waals surface area (Å²) in [6.45, 7) is 13.6. The van der Waals surface area contributed by atoms with Gasteiger partial charge in [0, 0.05) is 11.1 Å². The number of piperidine rings is 1. The molecule has 1 aliphatic rings. The molecule has 1 saturated heterocycles. The van der Waals surface area contributed by atoms with Crippen LogP contribution in [0.4, 0.5) is 0 Å². The van der Waals surface area contributed by atoms with E-state index in [1.807, 2.05) is 0 Å². The Morgan fingerprint density at radius 1 is 1.53 bits per heavy atom. The molecule has 1 aliphatic heterocycles. The first kappa shape index (κ1) is 14.2. The molecule has 0 spiro atoms. The van der Waals surface area contributed by atoms with Crippen LogP contribution in [0.15, 0.2) is 12.2 Å². The average molecular weight is 239 g/mol. The molecule has 0 radical (unpaired) electrons. The van der Waals surface area contributed by atoms with Gasteiger partial charge in [0.25, 0.3) is 0 Å². The van der Waals surface area contributed by atoms with Crippen LogP contribution in [-0.2, 0) is 9.53 Å². The summed E-state index contributed by atoms with van der Waals surface area (Å²) in [7, 11) is 2.16. The number of carbonyl (C=O) groups is 1. The van der Waals surface area contributed by atoms with Crippen LogP contribution < -0.4 is 0 Å². The molecule has 0 aromatic carbocycles. The maximum absolute atomic E-state index is 11.4. The van der Waals surface area contributed by atoms with Crippen LogP contribution in [0, 0.1) is 11.8 Å². The summed E-state index contributed by atoms with van der Waals surface area (Å²) in [5.41, 5.74) is 0.642. The molecule has 0 aromatic heterocycles. The minimum Gasteiger partial charge on any atom is -0.462 e. The smallest absolute Gasteiger partial charge is 0.333 e. The molecule has 0 bridgehead atoms. The summed E-state index contributed by atoms with van der Waals surface area (Å²) in [6.07, 6.45) is 1.09. The van der Waals surface area contributed by atoms with Gasteiger partial charge in [-0.25, -0.2) is 4.79 Å². The molecule has 98 valence electrons. The molecular formula is C14H25NO2. The van der Waals surface area contributed by atoms with E-state index in [1.54, 1.807) is 6.92 Å². The highest BCUT2D eigenvalue weighted by atomic mass is 16.5. The lowest BCUT2D eigenvalue weighted by molar-refractivity contribution is -0.142. The molecule has 1 fully saturated rings. The second-order valence-corrected chi connectivity index (χ2v) is 5.79. The van der Waals surface area contributed by atoms with Gasteiger partial charge in [0.2, 0.25) is 0 Å². The van der Waals surface area contributed by atoms with Crippen molar-refractivity contribution in [2.24, 2.45) is 11.8 Å². The van der Waals surface area contributed by atoms with E-state index < -0.39 is 0 Å². The van der Waals surface area contributed by atoms with Crippen LogP contribution in [0.5, 0.6) is 0 Å². The van der Waals surface area contributed by atoms with E-state index >= 15 is 0 Å². The second-order valence-electron chi connectivity index (χ2n) is 5.79. The van der Waals surface area contributed by atoms with Gasteiger partial charge in [0.15, 0.2) is 0 Å². The fourth-order valence-electron chi connectivity index (χ4n) is 2.36. The van der Waals surface area contributed by atoms with Gasteiger partial charge in [0.05, 0.1) is 6.61 Å². The van der Waals surface area contributed by atoms with Gasteiger partial charge in [0.1, 0.15) is 0 Å². The van der Waals surface area contributed by atoms with Crippen LogP contribution >= 0.6 is 0 Å². The molecule has 0 N–H and O–H groups in total. The minimum atomic E-state index is -0.270. The normalized spacial score (nSPS) is 28.8. The Hall–Kier alpha value is -0.830. The van der Waals surface area contributed by atoms with E-state index in [0.29, 0.717) is 24.0 Å². The van der Waals surface area contributed by atoms with E-state index in [4.69, 9.17) is 4.74 Å². The SMILES string of the molecule is C=C(C)C(=O)OCC1CCN(C)C(C)(C)C1C.